The molecule has 1 aromatic carbocycles. The number of halogens is 5. The molecule has 0 saturated heterocycles. The zero-order valence-electron chi connectivity index (χ0n) is 12.4. The second-order valence-corrected chi connectivity index (χ2v) is 6.44. The van der Waals surface area contributed by atoms with E-state index in [2.05, 4.69) is 15.5 Å². The lowest BCUT2D eigenvalue weighted by molar-refractivity contribution is 0.0950. The Kier molecular flexibility index (Phi) is 6.59. The Balaban J connectivity index is 2.19. The van der Waals surface area contributed by atoms with E-state index in [9.17, 15) is 4.79 Å². The van der Waals surface area contributed by atoms with E-state index in [4.69, 9.17) is 68.5 Å². The first-order valence-corrected chi connectivity index (χ1v) is 8.31. The van der Waals surface area contributed by atoms with Crippen LogP contribution in [0.25, 0.3) is 0 Å². The van der Waals surface area contributed by atoms with Gasteiger partial charge in [0.25, 0.3) is 5.91 Å². The van der Waals surface area contributed by atoms with Gasteiger partial charge in [-0.1, -0.05) is 58.0 Å². The molecule has 6 nitrogen and oxygen atoms in total. The van der Waals surface area contributed by atoms with Crippen molar-refractivity contribution >= 4 is 75.8 Å². The molecule has 1 heterocycles. The highest BCUT2D eigenvalue weighted by molar-refractivity contribution is 6.46. The molecule has 1 amide bonds. The number of methoxy groups -OCH3 is 1. The molecule has 0 radical (unpaired) electrons. The number of hydrazone groups is 1. The van der Waals surface area contributed by atoms with Crippen molar-refractivity contribution in [2.45, 2.75) is 0 Å². The summed E-state index contributed by atoms with van der Waals surface area (Å²) in [6.45, 7) is 0. The average Bonchev–Trinajstić information content (AvgIpc) is 2.56. The molecule has 0 fully saturated rings. The summed E-state index contributed by atoms with van der Waals surface area (Å²) in [5, 5.41) is 4.07. The van der Waals surface area contributed by atoms with E-state index in [1.807, 2.05) is 0 Å². The number of nitrogens with two attached hydrogens (primary N) is 1. The molecule has 0 atom stereocenters. The van der Waals surface area contributed by atoms with E-state index in [0.29, 0.717) is 21.4 Å². The number of aromatic nitrogens is 1. The zero-order valence-corrected chi connectivity index (χ0v) is 16.2. The highest BCUT2D eigenvalue weighted by Gasteiger charge is 2.19. The van der Waals surface area contributed by atoms with Crippen molar-refractivity contribution < 1.29 is 9.53 Å². The molecular weight excluding hydrogens is 433 g/mol. The predicted octanol–water partition coefficient (Wildman–Crippen LogP) is 4.70. The molecule has 0 bridgehead atoms. The molecule has 0 aliphatic heterocycles. The van der Waals surface area contributed by atoms with Crippen molar-refractivity contribution in [2.24, 2.45) is 5.10 Å². The van der Waals surface area contributed by atoms with Crippen molar-refractivity contribution in [1.29, 1.82) is 0 Å². The van der Waals surface area contributed by atoms with Crippen LogP contribution in [0.15, 0.2) is 17.2 Å². The van der Waals surface area contributed by atoms with Crippen LogP contribution >= 0.6 is 58.0 Å². The summed E-state index contributed by atoms with van der Waals surface area (Å²) < 4.78 is 5.04. The summed E-state index contributed by atoms with van der Waals surface area (Å²) in [6.07, 6.45) is 1.32. The number of hydrogen-bond donors (Lipinski definition) is 2. The van der Waals surface area contributed by atoms with Gasteiger partial charge in [0.1, 0.15) is 5.02 Å². The maximum atomic E-state index is 12.1. The van der Waals surface area contributed by atoms with Crippen LogP contribution in [0.1, 0.15) is 16.1 Å². The molecule has 0 aliphatic carbocycles. The SMILES string of the molecule is COc1c(Cl)cc(/C=N/NC(=O)c2nc(Cl)c(Cl)c(N)c2Cl)cc1Cl. The number of carbonyl (C=O) groups excluding carboxylic acids is 1. The summed E-state index contributed by atoms with van der Waals surface area (Å²) in [5.41, 5.74) is 8.16. The third-order valence-electron chi connectivity index (χ3n) is 2.89. The van der Waals surface area contributed by atoms with Crippen LogP contribution in [-0.4, -0.2) is 24.2 Å². The van der Waals surface area contributed by atoms with Crippen molar-refractivity contribution in [3.8, 4) is 5.75 Å². The fourth-order valence-electron chi connectivity index (χ4n) is 1.75. The largest absolute Gasteiger partial charge is 0.494 e. The lowest BCUT2D eigenvalue weighted by Gasteiger charge is -2.08. The molecule has 0 saturated carbocycles. The van der Waals surface area contributed by atoms with Crippen LogP contribution in [0.5, 0.6) is 5.75 Å². The van der Waals surface area contributed by atoms with Gasteiger partial charge in [0.05, 0.1) is 34.1 Å². The Labute approximate surface area is 167 Å². The number of nitrogens with zero attached hydrogens (tertiary/aromatic N) is 2. The number of amides is 1. The quantitative estimate of drug-likeness (QED) is 0.408. The maximum absolute atomic E-state index is 12.1. The van der Waals surface area contributed by atoms with E-state index >= 15 is 0 Å². The summed E-state index contributed by atoms with van der Waals surface area (Å²) in [4.78, 5) is 15.9. The molecular formula is C14H9Cl5N4O2. The number of nitrogens with one attached hydrogen (secondary N) is 1. The zero-order chi connectivity index (χ0) is 18.7. The fraction of sp³-hybridized carbons (Fsp3) is 0.0714. The van der Waals surface area contributed by atoms with Gasteiger partial charge < -0.3 is 10.5 Å². The van der Waals surface area contributed by atoms with Crippen molar-refractivity contribution in [2.75, 3.05) is 12.8 Å². The number of pyridine rings is 1. The molecule has 1 aromatic heterocycles. The van der Waals surface area contributed by atoms with Crippen LogP contribution in [0.2, 0.25) is 25.2 Å². The predicted molar refractivity (Wildman–Crippen MR) is 102 cm³/mol. The first kappa shape index (κ1) is 19.9. The minimum atomic E-state index is -0.725. The van der Waals surface area contributed by atoms with Gasteiger partial charge in [0.2, 0.25) is 0 Å². The first-order valence-electron chi connectivity index (χ1n) is 6.42. The molecule has 3 N–H and O–H groups in total. The van der Waals surface area contributed by atoms with Crippen molar-refractivity contribution in [1.82, 2.24) is 10.4 Å². The number of nitrogen functional groups attached to an aromatic ring is 1. The average molecular weight is 443 g/mol. The monoisotopic (exact) mass is 440 g/mol. The molecule has 11 heteroatoms. The Hall–Kier alpha value is -1.44. The van der Waals surface area contributed by atoms with Gasteiger partial charge in [-0.2, -0.15) is 5.10 Å². The number of rotatable bonds is 4. The summed E-state index contributed by atoms with van der Waals surface area (Å²) >= 11 is 29.6. The number of hydrogen-bond acceptors (Lipinski definition) is 5. The van der Waals surface area contributed by atoms with Crippen LogP contribution in [0.4, 0.5) is 5.69 Å². The topological polar surface area (TPSA) is 89.6 Å². The highest BCUT2D eigenvalue weighted by Crippen LogP contribution is 2.34. The minimum Gasteiger partial charge on any atom is -0.494 e. The maximum Gasteiger partial charge on any atom is 0.291 e. The molecule has 2 aromatic rings. The Morgan fingerprint density at radius 3 is 2.36 bits per heavy atom. The van der Waals surface area contributed by atoms with E-state index in [1.165, 1.54) is 13.3 Å². The highest BCUT2D eigenvalue weighted by atomic mass is 35.5. The second kappa shape index (κ2) is 8.29. The molecule has 2 rings (SSSR count). The van der Waals surface area contributed by atoms with Crippen molar-refractivity contribution in [3.05, 3.63) is 48.6 Å². The van der Waals surface area contributed by atoms with E-state index in [1.54, 1.807) is 12.1 Å². The Morgan fingerprint density at radius 1 is 1.20 bits per heavy atom. The molecule has 132 valence electrons. The summed E-state index contributed by atoms with van der Waals surface area (Å²) in [7, 11) is 1.45. The number of ether oxygens (including phenoxy) is 1. The first-order chi connectivity index (χ1) is 11.8. The Morgan fingerprint density at radius 2 is 1.80 bits per heavy atom. The van der Waals surface area contributed by atoms with Gasteiger partial charge in [0.15, 0.2) is 16.6 Å². The molecule has 0 unspecified atom stereocenters. The second-order valence-electron chi connectivity index (χ2n) is 4.51. The van der Waals surface area contributed by atoms with E-state index in [-0.39, 0.29) is 26.6 Å². The van der Waals surface area contributed by atoms with Gasteiger partial charge in [-0.25, -0.2) is 10.4 Å². The van der Waals surface area contributed by atoms with Crippen LogP contribution in [0.3, 0.4) is 0 Å². The number of anilines is 1. The van der Waals surface area contributed by atoms with Gasteiger partial charge >= 0.3 is 0 Å². The number of carbonyl (C=O) groups is 1. The fourth-order valence-corrected chi connectivity index (χ4v) is 3.00. The van der Waals surface area contributed by atoms with E-state index in [0.717, 1.165) is 0 Å². The lowest BCUT2D eigenvalue weighted by Crippen LogP contribution is -2.20. The lowest BCUT2D eigenvalue weighted by atomic mass is 10.2. The molecule has 25 heavy (non-hydrogen) atoms. The Bertz CT molecular complexity index is 850. The summed E-state index contributed by atoms with van der Waals surface area (Å²) in [5.74, 6) is -0.385. The van der Waals surface area contributed by atoms with E-state index < -0.39 is 5.91 Å². The van der Waals surface area contributed by atoms with Gasteiger partial charge in [-0.05, 0) is 17.7 Å². The third kappa shape index (κ3) is 4.40. The van der Waals surface area contributed by atoms with Gasteiger partial charge in [-0.3, -0.25) is 4.79 Å². The molecule has 0 spiro atoms. The summed E-state index contributed by atoms with van der Waals surface area (Å²) in [6, 6.07) is 3.12. The van der Waals surface area contributed by atoms with Gasteiger partial charge in [-0.15, -0.1) is 0 Å². The van der Waals surface area contributed by atoms with Crippen molar-refractivity contribution in [3.63, 3.8) is 0 Å². The smallest absolute Gasteiger partial charge is 0.291 e. The molecule has 0 aliphatic rings. The van der Waals surface area contributed by atoms with Crippen LogP contribution in [-0.2, 0) is 0 Å². The standard InChI is InChI=1S/C14H9Cl5N4O2/c1-25-12-6(15)2-5(3-7(12)16)4-21-23-14(24)11-8(17)10(20)9(18)13(19)22-11/h2-4H,1H3,(H2,20,22)(H,23,24)/b21-4+. The minimum absolute atomic E-state index is 0.0331. The van der Waals surface area contributed by atoms with Gasteiger partial charge in [0, 0.05) is 0 Å². The number of benzene rings is 1. The van der Waals surface area contributed by atoms with Crippen LogP contribution in [0, 0.1) is 0 Å². The normalized spacial score (nSPS) is 11.0. The van der Waals surface area contributed by atoms with Crippen LogP contribution < -0.4 is 15.9 Å². The third-order valence-corrected chi connectivity index (χ3v) is 4.59.